The first-order valence-corrected chi connectivity index (χ1v) is 10.7. The molecule has 1 aromatic heterocycles. The van der Waals surface area contributed by atoms with Crippen molar-refractivity contribution in [1.29, 1.82) is 0 Å². The van der Waals surface area contributed by atoms with Gasteiger partial charge in [-0.25, -0.2) is 4.39 Å². The van der Waals surface area contributed by atoms with Crippen LogP contribution in [-0.2, 0) is 17.4 Å². The Morgan fingerprint density at radius 1 is 1.06 bits per heavy atom. The Hall–Kier alpha value is -3.42. The summed E-state index contributed by atoms with van der Waals surface area (Å²) in [5.41, 5.74) is 2.00. The van der Waals surface area contributed by atoms with Gasteiger partial charge in [0.15, 0.2) is 0 Å². The van der Waals surface area contributed by atoms with E-state index in [-0.39, 0.29) is 11.5 Å². The van der Waals surface area contributed by atoms with Gasteiger partial charge in [0.25, 0.3) is 0 Å². The van der Waals surface area contributed by atoms with E-state index >= 15 is 0 Å². The van der Waals surface area contributed by atoms with Crippen molar-refractivity contribution in [2.24, 2.45) is 5.92 Å². The predicted octanol–water partition coefficient (Wildman–Crippen LogP) is 6.19. The molecule has 8 heteroatoms. The molecule has 4 nitrogen and oxygen atoms in total. The number of halogens is 4. The van der Waals surface area contributed by atoms with Crippen molar-refractivity contribution in [3.63, 3.8) is 0 Å². The van der Waals surface area contributed by atoms with Crippen molar-refractivity contribution in [1.82, 2.24) is 4.98 Å². The molecule has 2 N–H and O–H groups in total. The normalized spacial score (nSPS) is 21.5. The van der Waals surface area contributed by atoms with Crippen molar-refractivity contribution < 1.29 is 27.5 Å². The van der Waals surface area contributed by atoms with E-state index < -0.39 is 35.5 Å². The van der Waals surface area contributed by atoms with Gasteiger partial charge in [0.2, 0.25) is 0 Å². The largest absolute Gasteiger partial charge is 0.481 e. The number of hydrogen-bond acceptors (Lipinski definition) is 3. The second-order valence-electron chi connectivity index (χ2n) is 8.52. The molecule has 2 aromatic carbocycles. The average molecular weight is 456 g/mol. The molecule has 0 radical (unpaired) electrons. The van der Waals surface area contributed by atoms with Gasteiger partial charge >= 0.3 is 12.1 Å². The molecule has 1 saturated carbocycles. The number of carboxylic acid groups (broad SMARTS) is 1. The summed E-state index contributed by atoms with van der Waals surface area (Å²) in [6.45, 7) is 0. The van der Waals surface area contributed by atoms with E-state index in [1.807, 2.05) is 0 Å². The Kier molecular flexibility index (Phi) is 5.11. The summed E-state index contributed by atoms with van der Waals surface area (Å²) in [4.78, 5) is 15.4. The zero-order chi connectivity index (χ0) is 23.3. The molecule has 33 heavy (non-hydrogen) atoms. The number of rotatable bonds is 5. The quantitative estimate of drug-likeness (QED) is 0.449. The summed E-state index contributed by atoms with van der Waals surface area (Å²) < 4.78 is 55.5. The van der Waals surface area contributed by atoms with Crippen molar-refractivity contribution in [2.45, 2.75) is 37.4 Å². The number of nitrogens with one attached hydrogen (secondary N) is 1. The first-order chi connectivity index (χ1) is 15.7. The minimum atomic E-state index is -4.51. The van der Waals surface area contributed by atoms with Crippen molar-refractivity contribution in [2.75, 3.05) is 5.32 Å². The molecule has 3 atom stereocenters. The molecule has 1 fully saturated rings. The molecular formula is C25H20F4N2O2. The fourth-order valence-electron chi connectivity index (χ4n) is 4.78. The smallest absolute Gasteiger partial charge is 0.417 e. The van der Waals surface area contributed by atoms with Crippen LogP contribution in [0.3, 0.4) is 0 Å². The first kappa shape index (κ1) is 21.4. The number of alkyl halides is 3. The number of nitrogens with zero attached hydrogens (tertiary/aromatic N) is 1. The number of fused-ring (bicyclic) bond motifs is 1. The molecule has 2 aliphatic rings. The van der Waals surface area contributed by atoms with E-state index in [0.29, 0.717) is 47.3 Å². The molecule has 2 aliphatic carbocycles. The van der Waals surface area contributed by atoms with E-state index in [2.05, 4.69) is 10.3 Å². The number of aliphatic carboxylic acids is 1. The Balaban J connectivity index is 1.43. The molecule has 5 rings (SSSR count). The molecule has 0 bridgehead atoms. The maximum Gasteiger partial charge on any atom is 0.417 e. The Morgan fingerprint density at radius 3 is 2.52 bits per heavy atom. The number of benzene rings is 2. The first-order valence-electron chi connectivity index (χ1n) is 10.7. The van der Waals surface area contributed by atoms with Gasteiger partial charge < -0.3 is 10.4 Å². The second kappa shape index (κ2) is 7.86. The maximum absolute atomic E-state index is 14.8. The van der Waals surface area contributed by atoms with E-state index in [9.17, 15) is 22.4 Å². The summed E-state index contributed by atoms with van der Waals surface area (Å²) in [5.74, 6) is -1.77. The zero-order valence-electron chi connectivity index (χ0n) is 17.4. The Bertz CT molecular complexity index is 1220. The van der Waals surface area contributed by atoms with Crippen LogP contribution in [0.1, 0.15) is 47.2 Å². The minimum Gasteiger partial charge on any atom is -0.481 e. The van der Waals surface area contributed by atoms with Crippen LogP contribution in [-0.4, -0.2) is 16.1 Å². The van der Waals surface area contributed by atoms with Crippen molar-refractivity contribution in [3.05, 3.63) is 82.9 Å². The third-order valence-electron chi connectivity index (χ3n) is 6.47. The molecule has 170 valence electrons. The molecule has 0 amide bonds. The van der Waals surface area contributed by atoms with Gasteiger partial charge in [0.05, 0.1) is 29.4 Å². The van der Waals surface area contributed by atoms with Crippen LogP contribution in [0.4, 0.5) is 23.2 Å². The van der Waals surface area contributed by atoms with Crippen LogP contribution in [0.25, 0.3) is 11.1 Å². The summed E-state index contributed by atoms with van der Waals surface area (Å²) in [6.07, 6.45) is -1.38. The summed E-state index contributed by atoms with van der Waals surface area (Å²) in [6, 6.07) is 11.1. The lowest BCUT2D eigenvalue weighted by Gasteiger charge is -2.19. The average Bonchev–Trinajstić information content (AvgIpc) is 3.48. The predicted molar refractivity (Wildman–Crippen MR) is 114 cm³/mol. The van der Waals surface area contributed by atoms with Gasteiger partial charge in [0, 0.05) is 17.2 Å². The lowest BCUT2D eigenvalue weighted by molar-refractivity contribution is -0.139. The highest BCUT2D eigenvalue weighted by Gasteiger charge is 2.45. The highest BCUT2D eigenvalue weighted by atomic mass is 19.4. The highest BCUT2D eigenvalue weighted by Crippen LogP contribution is 2.47. The van der Waals surface area contributed by atoms with E-state index in [4.69, 9.17) is 5.11 Å². The molecular weight excluding hydrogens is 436 g/mol. The second-order valence-corrected chi connectivity index (χ2v) is 8.52. The van der Waals surface area contributed by atoms with Gasteiger partial charge in [-0.1, -0.05) is 24.3 Å². The van der Waals surface area contributed by atoms with Gasteiger partial charge in [-0.2, -0.15) is 13.2 Å². The number of carbonyl (C=O) groups is 1. The van der Waals surface area contributed by atoms with Gasteiger partial charge in [-0.3, -0.25) is 9.78 Å². The Morgan fingerprint density at radius 2 is 1.85 bits per heavy atom. The number of hydrogen-bond donors (Lipinski definition) is 2. The molecule has 0 aliphatic heterocycles. The summed E-state index contributed by atoms with van der Waals surface area (Å²) in [7, 11) is 0. The number of anilines is 1. The molecule has 0 saturated heterocycles. The van der Waals surface area contributed by atoms with Crippen molar-refractivity contribution >= 4 is 11.7 Å². The monoisotopic (exact) mass is 456 g/mol. The van der Waals surface area contributed by atoms with Crippen LogP contribution < -0.4 is 5.32 Å². The molecule has 1 heterocycles. The maximum atomic E-state index is 14.8. The third-order valence-corrected chi connectivity index (χ3v) is 6.47. The van der Waals surface area contributed by atoms with E-state index in [1.54, 1.807) is 24.4 Å². The topological polar surface area (TPSA) is 62.2 Å². The minimum absolute atomic E-state index is 0.0466. The molecule has 0 unspecified atom stereocenters. The lowest BCUT2D eigenvalue weighted by atomic mass is 9.92. The van der Waals surface area contributed by atoms with Crippen molar-refractivity contribution in [3.8, 4) is 11.1 Å². The van der Waals surface area contributed by atoms with E-state index in [1.165, 1.54) is 24.3 Å². The van der Waals surface area contributed by atoms with Crippen LogP contribution in [0, 0.1) is 11.7 Å². The lowest BCUT2D eigenvalue weighted by Crippen LogP contribution is -2.10. The SMILES string of the molecule is O=C(O)[C@H]1C[C@@H]1c1ccc(N[C@@H]2CCc3c(-c4ccccc4C(F)(F)F)ccc(F)c32)cn1. The van der Waals surface area contributed by atoms with Gasteiger partial charge in [0.1, 0.15) is 5.82 Å². The standard InChI is InChI=1S/C25H20F4N2O2/c26-20-8-6-14(15-3-1-2-4-19(15)25(27,28)29)16-7-10-22(23(16)20)31-13-5-9-21(30-12-13)17-11-18(17)24(32)33/h1-6,8-9,12,17-18,22,31H,7,10-11H2,(H,32,33)/t17-,18-,22+/m0/s1. The van der Waals surface area contributed by atoms with Crippen LogP contribution in [0.2, 0.25) is 0 Å². The fourth-order valence-corrected chi connectivity index (χ4v) is 4.78. The number of aromatic nitrogens is 1. The zero-order valence-corrected chi connectivity index (χ0v) is 17.4. The van der Waals surface area contributed by atoms with E-state index in [0.717, 1.165) is 6.07 Å². The molecule has 3 aromatic rings. The Labute approximate surface area is 187 Å². The van der Waals surface area contributed by atoms with Gasteiger partial charge in [-0.05, 0) is 60.2 Å². The third kappa shape index (κ3) is 3.94. The van der Waals surface area contributed by atoms with Gasteiger partial charge in [-0.15, -0.1) is 0 Å². The van der Waals surface area contributed by atoms with Crippen LogP contribution in [0.15, 0.2) is 54.7 Å². The highest BCUT2D eigenvalue weighted by molar-refractivity contribution is 5.75. The number of carboxylic acids is 1. The van der Waals surface area contributed by atoms with Crippen LogP contribution in [0.5, 0.6) is 0 Å². The summed E-state index contributed by atoms with van der Waals surface area (Å²) >= 11 is 0. The van der Waals surface area contributed by atoms with Crippen LogP contribution >= 0.6 is 0 Å². The summed E-state index contributed by atoms with van der Waals surface area (Å²) in [5, 5.41) is 12.3. The molecule has 0 spiro atoms. The fraction of sp³-hybridized carbons (Fsp3) is 0.280. The number of pyridine rings is 1.